The van der Waals surface area contributed by atoms with Gasteiger partial charge in [0.25, 0.3) is 5.91 Å². The maximum absolute atomic E-state index is 12.3. The number of carbonyl (C=O) groups is 1. The van der Waals surface area contributed by atoms with Crippen molar-refractivity contribution in [1.82, 2.24) is 0 Å². The third-order valence-electron chi connectivity index (χ3n) is 3.02. The SMILES string of the molecule is Cc1ccc(Cl)cc1NC(=O)/C(C#N)=C/c1ccccc1Br. The highest BCUT2D eigenvalue weighted by molar-refractivity contribution is 9.10. The minimum atomic E-state index is -0.469. The third-order valence-corrected chi connectivity index (χ3v) is 3.98. The zero-order valence-electron chi connectivity index (χ0n) is 11.7. The van der Waals surface area contributed by atoms with Crippen molar-refractivity contribution in [2.24, 2.45) is 0 Å². The molecular weight excluding hydrogens is 364 g/mol. The summed E-state index contributed by atoms with van der Waals surface area (Å²) in [5.74, 6) is -0.469. The minimum absolute atomic E-state index is 0.0197. The van der Waals surface area contributed by atoms with Gasteiger partial charge < -0.3 is 5.32 Å². The fourth-order valence-corrected chi connectivity index (χ4v) is 2.39. The van der Waals surface area contributed by atoms with Gasteiger partial charge in [0.1, 0.15) is 11.6 Å². The Morgan fingerprint density at radius 2 is 2.05 bits per heavy atom. The van der Waals surface area contributed by atoms with Gasteiger partial charge in [-0.2, -0.15) is 5.26 Å². The number of carbonyl (C=O) groups excluding carboxylic acids is 1. The van der Waals surface area contributed by atoms with E-state index in [2.05, 4.69) is 21.2 Å². The van der Waals surface area contributed by atoms with Gasteiger partial charge in [0.15, 0.2) is 0 Å². The number of nitriles is 1. The highest BCUT2D eigenvalue weighted by Gasteiger charge is 2.11. The van der Waals surface area contributed by atoms with Crippen molar-refractivity contribution < 1.29 is 4.79 Å². The third kappa shape index (κ3) is 3.97. The molecule has 0 radical (unpaired) electrons. The lowest BCUT2D eigenvalue weighted by atomic mass is 10.1. The van der Waals surface area contributed by atoms with Crippen molar-refractivity contribution in [3.63, 3.8) is 0 Å². The Morgan fingerprint density at radius 1 is 1.32 bits per heavy atom. The second-order valence-electron chi connectivity index (χ2n) is 4.60. The van der Waals surface area contributed by atoms with E-state index in [1.54, 1.807) is 18.2 Å². The van der Waals surface area contributed by atoms with Gasteiger partial charge in [-0.1, -0.05) is 51.8 Å². The summed E-state index contributed by atoms with van der Waals surface area (Å²) in [5, 5.41) is 12.5. The average molecular weight is 376 g/mol. The normalized spacial score (nSPS) is 10.9. The first-order valence-corrected chi connectivity index (χ1v) is 7.62. The molecule has 0 aliphatic heterocycles. The number of nitrogens with one attached hydrogen (secondary N) is 1. The minimum Gasteiger partial charge on any atom is -0.321 e. The fourth-order valence-electron chi connectivity index (χ4n) is 1.81. The lowest BCUT2D eigenvalue weighted by Crippen LogP contribution is -2.14. The van der Waals surface area contributed by atoms with Crippen LogP contribution in [-0.2, 0) is 4.79 Å². The maximum atomic E-state index is 12.3. The first-order chi connectivity index (χ1) is 10.5. The molecular formula is C17H12BrClN2O. The Balaban J connectivity index is 2.29. The molecule has 0 spiro atoms. The summed E-state index contributed by atoms with van der Waals surface area (Å²) >= 11 is 9.32. The molecule has 0 atom stereocenters. The van der Waals surface area contributed by atoms with Crippen LogP contribution in [0.15, 0.2) is 52.5 Å². The Labute approximate surface area is 142 Å². The molecule has 2 aromatic rings. The van der Waals surface area contributed by atoms with E-state index in [1.807, 2.05) is 43.3 Å². The number of anilines is 1. The Bertz CT molecular complexity index is 793. The summed E-state index contributed by atoms with van der Waals surface area (Å²) in [7, 11) is 0. The lowest BCUT2D eigenvalue weighted by Gasteiger charge is -2.08. The predicted molar refractivity (Wildman–Crippen MR) is 92.6 cm³/mol. The van der Waals surface area contributed by atoms with Crippen LogP contribution < -0.4 is 5.32 Å². The van der Waals surface area contributed by atoms with Crippen LogP contribution in [0.4, 0.5) is 5.69 Å². The summed E-state index contributed by atoms with van der Waals surface area (Å²) in [4.78, 5) is 12.3. The van der Waals surface area contributed by atoms with Crippen molar-refractivity contribution in [2.45, 2.75) is 6.92 Å². The summed E-state index contributed by atoms with van der Waals surface area (Å²) in [5.41, 5.74) is 2.24. The Kier molecular flexibility index (Phi) is 5.37. The molecule has 2 rings (SSSR count). The van der Waals surface area contributed by atoms with Crippen LogP contribution in [0.25, 0.3) is 6.08 Å². The largest absolute Gasteiger partial charge is 0.321 e. The number of amides is 1. The van der Waals surface area contributed by atoms with Gasteiger partial charge in [0.2, 0.25) is 0 Å². The van der Waals surface area contributed by atoms with Crippen LogP contribution in [-0.4, -0.2) is 5.91 Å². The second-order valence-corrected chi connectivity index (χ2v) is 5.90. The number of aryl methyl sites for hydroxylation is 1. The Morgan fingerprint density at radius 3 is 2.73 bits per heavy atom. The van der Waals surface area contributed by atoms with E-state index in [0.717, 1.165) is 15.6 Å². The summed E-state index contributed by atoms with van der Waals surface area (Å²) < 4.78 is 0.814. The van der Waals surface area contributed by atoms with Crippen LogP contribution >= 0.6 is 27.5 Å². The monoisotopic (exact) mass is 374 g/mol. The van der Waals surface area contributed by atoms with Gasteiger partial charge in [-0.05, 0) is 42.3 Å². The van der Waals surface area contributed by atoms with Gasteiger partial charge in [-0.25, -0.2) is 0 Å². The zero-order chi connectivity index (χ0) is 16.1. The number of hydrogen-bond donors (Lipinski definition) is 1. The molecule has 0 unspecified atom stereocenters. The van der Waals surface area contributed by atoms with Gasteiger partial charge in [0, 0.05) is 15.2 Å². The maximum Gasteiger partial charge on any atom is 0.266 e. The molecule has 110 valence electrons. The van der Waals surface area contributed by atoms with Crippen molar-refractivity contribution in [1.29, 1.82) is 5.26 Å². The standard InChI is InChI=1S/C17H12BrClN2O/c1-11-6-7-14(19)9-16(11)21-17(22)13(10-20)8-12-4-2-3-5-15(12)18/h2-9H,1H3,(H,21,22)/b13-8+. The molecule has 2 aromatic carbocycles. The van der Waals surface area contributed by atoms with E-state index in [4.69, 9.17) is 11.6 Å². The number of hydrogen-bond acceptors (Lipinski definition) is 2. The van der Waals surface area contributed by atoms with E-state index in [-0.39, 0.29) is 5.57 Å². The van der Waals surface area contributed by atoms with Crippen molar-refractivity contribution in [2.75, 3.05) is 5.32 Å². The number of nitrogens with zero attached hydrogens (tertiary/aromatic N) is 1. The van der Waals surface area contributed by atoms with E-state index >= 15 is 0 Å². The van der Waals surface area contributed by atoms with E-state index in [0.29, 0.717) is 10.7 Å². The van der Waals surface area contributed by atoms with Crippen LogP contribution in [0.2, 0.25) is 5.02 Å². The highest BCUT2D eigenvalue weighted by Crippen LogP contribution is 2.22. The molecule has 1 amide bonds. The zero-order valence-corrected chi connectivity index (χ0v) is 14.1. The second kappa shape index (κ2) is 7.26. The molecule has 0 aromatic heterocycles. The summed E-state index contributed by atoms with van der Waals surface area (Å²) in [6, 6.07) is 14.5. The van der Waals surface area contributed by atoms with Gasteiger partial charge in [-0.3, -0.25) is 4.79 Å². The smallest absolute Gasteiger partial charge is 0.266 e. The topological polar surface area (TPSA) is 52.9 Å². The number of halogens is 2. The lowest BCUT2D eigenvalue weighted by molar-refractivity contribution is -0.112. The first-order valence-electron chi connectivity index (χ1n) is 6.45. The predicted octanol–water partition coefficient (Wildman–Crippen LogP) is 4.96. The molecule has 22 heavy (non-hydrogen) atoms. The molecule has 0 heterocycles. The fraction of sp³-hybridized carbons (Fsp3) is 0.0588. The molecule has 0 saturated heterocycles. The highest BCUT2D eigenvalue weighted by atomic mass is 79.9. The van der Waals surface area contributed by atoms with Gasteiger partial charge in [-0.15, -0.1) is 0 Å². The van der Waals surface area contributed by atoms with E-state index in [9.17, 15) is 10.1 Å². The first kappa shape index (κ1) is 16.3. The summed E-state index contributed by atoms with van der Waals surface area (Å²) in [6.07, 6.45) is 1.54. The van der Waals surface area contributed by atoms with Crippen LogP contribution in [0.1, 0.15) is 11.1 Å². The molecule has 0 saturated carbocycles. The van der Waals surface area contributed by atoms with Crippen LogP contribution in [0, 0.1) is 18.3 Å². The molecule has 0 aliphatic rings. The molecule has 0 fully saturated rings. The van der Waals surface area contributed by atoms with Crippen LogP contribution in [0.3, 0.4) is 0 Å². The average Bonchev–Trinajstić information content (AvgIpc) is 2.50. The van der Waals surface area contributed by atoms with Gasteiger partial charge >= 0.3 is 0 Å². The molecule has 0 aliphatic carbocycles. The van der Waals surface area contributed by atoms with Crippen molar-refractivity contribution >= 4 is 45.2 Å². The van der Waals surface area contributed by atoms with E-state index < -0.39 is 5.91 Å². The molecule has 1 N–H and O–H groups in total. The molecule has 3 nitrogen and oxygen atoms in total. The Hall–Kier alpha value is -2.09. The van der Waals surface area contributed by atoms with Gasteiger partial charge in [0.05, 0.1) is 0 Å². The quantitative estimate of drug-likeness (QED) is 0.609. The van der Waals surface area contributed by atoms with Crippen molar-refractivity contribution in [3.05, 3.63) is 68.7 Å². The number of benzene rings is 2. The van der Waals surface area contributed by atoms with Crippen LogP contribution in [0.5, 0.6) is 0 Å². The van der Waals surface area contributed by atoms with E-state index in [1.165, 1.54) is 0 Å². The number of rotatable bonds is 3. The molecule has 5 heteroatoms. The van der Waals surface area contributed by atoms with Crippen molar-refractivity contribution in [3.8, 4) is 6.07 Å². The summed E-state index contributed by atoms with van der Waals surface area (Å²) in [6.45, 7) is 1.86. The molecule has 0 bridgehead atoms.